The molecule has 8 heteroatoms. The first-order valence-electron chi connectivity index (χ1n) is 9.78. The van der Waals surface area contributed by atoms with Crippen molar-refractivity contribution in [2.45, 2.75) is 12.5 Å². The number of hydrogen-bond acceptors (Lipinski definition) is 5. The standard InChI is InChI=1S/C22H24N4O3S/c1-24(2)26(19-13-14-30(28,29)16-19)22(27)21-15-20(17-9-5-3-6-10-17)23-25(21)18-11-7-4-8-12-18/h3-12,15,19H,13-14,16H2,1-2H3/t19-/m1/s1. The van der Waals surface area contributed by atoms with Crippen LogP contribution in [-0.2, 0) is 9.84 Å². The predicted molar refractivity (Wildman–Crippen MR) is 116 cm³/mol. The molecule has 0 aliphatic carbocycles. The van der Waals surface area contributed by atoms with Gasteiger partial charge in [-0.2, -0.15) is 5.10 Å². The smallest absolute Gasteiger partial charge is 0.266 e. The minimum absolute atomic E-state index is 0.0259. The fourth-order valence-electron chi connectivity index (χ4n) is 3.81. The Morgan fingerprint density at radius 1 is 1.03 bits per heavy atom. The molecule has 0 saturated carbocycles. The third kappa shape index (κ3) is 4.01. The molecular weight excluding hydrogens is 400 g/mol. The quantitative estimate of drug-likeness (QED) is 0.589. The largest absolute Gasteiger partial charge is 0.287 e. The number of carbonyl (C=O) groups is 1. The third-order valence-corrected chi connectivity index (χ3v) is 6.94. The lowest BCUT2D eigenvalue weighted by atomic mass is 10.1. The second-order valence-electron chi connectivity index (χ2n) is 7.58. The van der Waals surface area contributed by atoms with Crippen molar-refractivity contribution in [2.24, 2.45) is 0 Å². The summed E-state index contributed by atoms with van der Waals surface area (Å²) in [5.41, 5.74) is 2.74. The van der Waals surface area contributed by atoms with E-state index in [2.05, 4.69) is 0 Å². The number of hydrogen-bond donors (Lipinski definition) is 0. The van der Waals surface area contributed by atoms with Crippen LogP contribution in [0.4, 0.5) is 0 Å². The number of amides is 1. The number of hydrazine groups is 1. The van der Waals surface area contributed by atoms with E-state index < -0.39 is 15.9 Å². The normalized spacial score (nSPS) is 17.9. The maximum Gasteiger partial charge on any atom is 0.287 e. The molecule has 1 saturated heterocycles. The molecule has 2 heterocycles. The fourth-order valence-corrected chi connectivity index (χ4v) is 5.50. The Morgan fingerprint density at radius 2 is 1.67 bits per heavy atom. The van der Waals surface area contributed by atoms with Crippen LogP contribution in [-0.4, -0.2) is 65.8 Å². The zero-order chi connectivity index (χ0) is 21.3. The molecular formula is C22H24N4O3S. The number of para-hydroxylation sites is 1. The molecule has 1 atom stereocenters. The molecule has 1 aliphatic heterocycles. The predicted octanol–water partition coefficient (Wildman–Crippen LogP) is 2.65. The van der Waals surface area contributed by atoms with E-state index in [-0.39, 0.29) is 17.4 Å². The van der Waals surface area contributed by atoms with Crippen LogP contribution in [0.3, 0.4) is 0 Å². The molecule has 0 bridgehead atoms. The van der Waals surface area contributed by atoms with Gasteiger partial charge in [-0.15, -0.1) is 0 Å². The van der Waals surface area contributed by atoms with Crippen LogP contribution < -0.4 is 0 Å². The number of carbonyl (C=O) groups excluding carboxylic acids is 1. The second kappa shape index (κ2) is 8.04. The van der Waals surface area contributed by atoms with Gasteiger partial charge in [0, 0.05) is 19.7 Å². The summed E-state index contributed by atoms with van der Waals surface area (Å²) in [7, 11) is 0.376. The fraction of sp³-hybridized carbons (Fsp3) is 0.273. The number of aromatic nitrogens is 2. The van der Waals surface area contributed by atoms with E-state index >= 15 is 0 Å². The van der Waals surface area contributed by atoms with E-state index in [0.717, 1.165) is 11.3 Å². The molecule has 3 aromatic rings. The molecule has 1 aliphatic rings. The lowest BCUT2D eigenvalue weighted by Gasteiger charge is -2.33. The molecule has 0 radical (unpaired) electrons. The first-order valence-corrected chi connectivity index (χ1v) is 11.6. The molecule has 2 aromatic carbocycles. The Balaban J connectivity index is 1.79. The van der Waals surface area contributed by atoms with Crippen molar-refractivity contribution in [3.8, 4) is 16.9 Å². The summed E-state index contributed by atoms with van der Waals surface area (Å²) in [5.74, 6) is -0.203. The summed E-state index contributed by atoms with van der Waals surface area (Å²) in [5, 5.41) is 7.90. The lowest BCUT2D eigenvalue weighted by Crippen LogP contribution is -2.49. The van der Waals surface area contributed by atoms with Gasteiger partial charge in [0.2, 0.25) is 0 Å². The van der Waals surface area contributed by atoms with Gasteiger partial charge in [0.15, 0.2) is 9.84 Å². The van der Waals surface area contributed by atoms with E-state index in [4.69, 9.17) is 5.10 Å². The van der Waals surface area contributed by atoms with Crippen molar-refractivity contribution in [1.29, 1.82) is 0 Å². The summed E-state index contributed by atoms with van der Waals surface area (Å²) in [4.78, 5) is 13.7. The van der Waals surface area contributed by atoms with E-state index in [1.807, 2.05) is 60.7 Å². The summed E-state index contributed by atoms with van der Waals surface area (Å²) in [6.07, 6.45) is 0.428. The Labute approximate surface area is 176 Å². The van der Waals surface area contributed by atoms with Gasteiger partial charge in [0.05, 0.1) is 28.9 Å². The highest BCUT2D eigenvalue weighted by atomic mass is 32.2. The van der Waals surface area contributed by atoms with Gasteiger partial charge in [-0.1, -0.05) is 48.5 Å². The van der Waals surface area contributed by atoms with Crippen LogP contribution in [0.1, 0.15) is 16.9 Å². The molecule has 0 unspecified atom stereocenters. The number of sulfone groups is 1. The van der Waals surface area contributed by atoms with Crippen LogP contribution in [0, 0.1) is 0 Å². The highest BCUT2D eigenvalue weighted by molar-refractivity contribution is 7.91. The highest BCUT2D eigenvalue weighted by Gasteiger charge is 2.37. The van der Waals surface area contributed by atoms with E-state index in [9.17, 15) is 13.2 Å². The molecule has 0 spiro atoms. The van der Waals surface area contributed by atoms with Crippen molar-refractivity contribution in [3.05, 3.63) is 72.4 Å². The van der Waals surface area contributed by atoms with Crippen molar-refractivity contribution < 1.29 is 13.2 Å². The SMILES string of the molecule is CN(C)N(C(=O)c1cc(-c2ccccc2)nn1-c1ccccc1)[C@@H]1CCS(=O)(=O)C1. The van der Waals surface area contributed by atoms with Crippen LogP contribution >= 0.6 is 0 Å². The molecule has 1 amide bonds. The number of nitrogens with zero attached hydrogens (tertiary/aromatic N) is 4. The molecule has 7 nitrogen and oxygen atoms in total. The molecule has 156 valence electrons. The summed E-state index contributed by atoms with van der Waals surface area (Å²) in [6.45, 7) is 0. The topological polar surface area (TPSA) is 75.5 Å². The van der Waals surface area contributed by atoms with E-state index in [1.54, 1.807) is 29.9 Å². The first-order chi connectivity index (χ1) is 14.4. The zero-order valence-electron chi connectivity index (χ0n) is 17.0. The maximum absolute atomic E-state index is 13.7. The first kappa shape index (κ1) is 20.3. The van der Waals surface area contributed by atoms with Gasteiger partial charge < -0.3 is 0 Å². The molecule has 30 heavy (non-hydrogen) atoms. The highest BCUT2D eigenvalue weighted by Crippen LogP contribution is 2.25. The summed E-state index contributed by atoms with van der Waals surface area (Å²) in [6, 6.07) is 20.5. The van der Waals surface area contributed by atoms with Crippen molar-refractivity contribution >= 4 is 15.7 Å². The van der Waals surface area contributed by atoms with Gasteiger partial charge in [-0.05, 0) is 24.6 Å². The van der Waals surface area contributed by atoms with E-state index in [0.29, 0.717) is 17.8 Å². The van der Waals surface area contributed by atoms with Crippen LogP contribution in [0.5, 0.6) is 0 Å². The number of benzene rings is 2. The van der Waals surface area contributed by atoms with E-state index in [1.165, 1.54) is 5.01 Å². The zero-order valence-corrected chi connectivity index (χ0v) is 17.8. The molecule has 1 aromatic heterocycles. The Bertz CT molecular complexity index is 1140. The minimum atomic E-state index is -3.13. The minimum Gasteiger partial charge on any atom is -0.266 e. The Hall–Kier alpha value is -2.97. The Kier molecular flexibility index (Phi) is 5.44. The van der Waals surface area contributed by atoms with Gasteiger partial charge in [0.1, 0.15) is 5.69 Å². The van der Waals surface area contributed by atoms with Crippen molar-refractivity contribution in [1.82, 2.24) is 19.8 Å². The lowest BCUT2D eigenvalue weighted by molar-refractivity contribution is 0.000188. The summed E-state index contributed by atoms with van der Waals surface area (Å²) < 4.78 is 25.7. The maximum atomic E-state index is 13.7. The molecule has 1 fully saturated rings. The average molecular weight is 425 g/mol. The third-order valence-electron chi connectivity index (χ3n) is 5.19. The van der Waals surface area contributed by atoms with Crippen LogP contribution in [0.2, 0.25) is 0 Å². The number of rotatable bonds is 5. The monoisotopic (exact) mass is 424 g/mol. The summed E-state index contributed by atoms with van der Waals surface area (Å²) >= 11 is 0. The van der Waals surface area contributed by atoms with Crippen LogP contribution in [0.25, 0.3) is 16.9 Å². The van der Waals surface area contributed by atoms with Crippen LogP contribution in [0.15, 0.2) is 66.7 Å². The average Bonchev–Trinajstić information content (AvgIpc) is 3.33. The van der Waals surface area contributed by atoms with Gasteiger partial charge >= 0.3 is 0 Å². The van der Waals surface area contributed by atoms with Crippen molar-refractivity contribution in [3.63, 3.8) is 0 Å². The van der Waals surface area contributed by atoms with Crippen molar-refractivity contribution in [2.75, 3.05) is 25.6 Å². The Morgan fingerprint density at radius 3 is 2.23 bits per heavy atom. The van der Waals surface area contributed by atoms with Gasteiger partial charge in [-0.3, -0.25) is 9.80 Å². The van der Waals surface area contributed by atoms with Gasteiger partial charge in [0.25, 0.3) is 5.91 Å². The van der Waals surface area contributed by atoms with Gasteiger partial charge in [-0.25, -0.2) is 18.1 Å². The second-order valence-corrected chi connectivity index (χ2v) is 9.81. The molecule has 0 N–H and O–H groups in total. The molecule has 4 rings (SSSR count).